The summed E-state index contributed by atoms with van der Waals surface area (Å²) in [5.74, 6) is -0.407. The maximum absolute atomic E-state index is 12.6. The van der Waals surface area contributed by atoms with Gasteiger partial charge in [0, 0.05) is 31.0 Å². The first-order chi connectivity index (χ1) is 12.0. The molecule has 25 heavy (non-hydrogen) atoms. The highest BCUT2D eigenvalue weighted by molar-refractivity contribution is 5.40. The normalized spacial score (nSPS) is 19.2. The number of ether oxygens (including phenoxy) is 3. The molecule has 1 N–H and O–H groups in total. The lowest BCUT2D eigenvalue weighted by Crippen LogP contribution is -2.43. The number of rotatable bonds is 5. The molecule has 1 saturated heterocycles. The maximum atomic E-state index is 12.6. The molecule has 1 fully saturated rings. The molecule has 8 heteroatoms. The van der Waals surface area contributed by atoms with Crippen LogP contribution in [0.3, 0.4) is 0 Å². The molecule has 2 atom stereocenters. The predicted octanol–water partition coefficient (Wildman–Crippen LogP) is 3.09. The van der Waals surface area contributed by atoms with E-state index in [9.17, 15) is 13.2 Å². The number of para-hydroxylation sites is 2. The van der Waals surface area contributed by atoms with Crippen molar-refractivity contribution >= 4 is 0 Å². The summed E-state index contributed by atoms with van der Waals surface area (Å²) in [4.78, 5) is 4.06. The average Bonchev–Trinajstić information content (AvgIpc) is 2.61. The van der Waals surface area contributed by atoms with Gasteiger partial charge in [-0.2, -0.15) is 0 Å². The maximum Gasteiger partial charge on any atom is 0.573 e. The van der Waals surface area contributed by atoms with Gasteiger partial charge in [0.15, 0.2) is 17.6 Å². The van der Waals surface area contributed by atoms with Gasteiger partial charge in [0.05, 0.1) is 6.61 Å². The van der Waals surface area contributed by atoms with Crippen molar-refractivity contribution in [2.75, 3.05) is 19.7 Å². The van der Waals surface area contributed by atoms with Crippen molar-refractivity contribution in [3.8, 4) is 11.5 Å². The van der Waals surface area contributed by atoms with E-state index in [0.717, 1.165) is 0 Å². The Morgan fingerprint density at radius 1 is 1.16 bits per heavy atom. The van der Waals surface area contributed by atoms with Gasteiger partial charge in [0.1, 0.15) is 6.10 Å². The van der Waals surface area contributed by atoms with Gasteiger partial charge >= 0.3 is 6.36 Å². The van der Waals surface area contributed by atoms with E-state index < -0.39 is 18.2 Å². The molecule has 2 aromatic rings. The monoisotopic (exact) mass is 354 g/mol. The summed E-state index contributed by atoms with van der Waals surface area (Å²) in [5, 5.41) is 3.19. The Kier molecular flexibility index (Phi) is 5.40. The molecule has 0 spiro atoms. The summed E-state index contributed by atoms with van der Waals surface area (Å²) >= 11 is 0. The van der Waals surface area contributed by atoms with E-state index in [0.29, 0.717) is 25.3 Å². The second kappa shape index (κ2) is 7.71. The number of nitrogens with zero attached hydrogens (tertiary/aromatic N) is 1. The number of benzene rings is 1. The fourth-order valence-electron chi connectivity index (χ4n) is 2.58. The van der Waals surface area contributed by atoms with Crippen molar-refractivity contribution in [1.29, 1.82) is 0 Å². The lowest BCUT2D eigenvalue weighted by molar-refractivity contribution is -0.275. The van der Waals surface area contributed by atoms with E-state index in [1.165, 1.54) is 18.2 Å². The van der Waals surface area contributed by atoms with Crippen LogP contribution in [0.4, 0.5) is 13.2 Å². The van der Waals surface area contributed by atoms with Gasteiger partial charge < -0.3 is 19.5 Å². The van der Waals surface area contributed by atoms with Crippen LogP contribution in [0.5, 0.6) is 11.5 Å². The number of aromatic nitrogens is 1. The largest absolute Gasteiger partial charge is 0.573 e. The molecule has 1 unspecified atom stereocenters. The van der Waals surface area contributed by atoms with Crippen LogP contribution in [0.1, 0.15) is 11.7 Å². The van der Waals surface area contributed by atoms with Gasteiger partial charge in [-0.1, -0.05) is 18.2 Å². The minimum Gasteiger partial charge on any atom is -0.479 e. The third kappa shape index (κ3) is 4.83. The molecular weight excluding hydrogens is 337 g/mol. The van der Waals surface area contributed by atoms with Crippen molar-refractivity contribution in [3.63, 3.8) is 0 Å². The second-order valence-corrected chi connectivity index (χ2v) is 5.43. The number of hydrogen-bond acceptors (Lipinski definition) is 5. The van der Waals surface area contributed by atoms with Gasteiger partial charge in [-0.15, -0.1) is 13.2 Å². The Bertz CT molecular complexity index is 676. The van der Waals surface area contributed by atoms with Gasteiger partial charge in [0.25, 0.3) is 0 Å². The van der Waals surface area contributed by atoms with Crippen LogP contribution in [0.2, 0.25) is 0 Å². The third-order valence-corrected chi connectivity index (χ3v) is 3.64. The zero-order chi connectivity index (χ0) is 17.7. The van der Waals surface area contributed by atoms with Crippen molar-refractivity contribution < 1.29 is 27.4 Å². The molecule has 0 bridgehead atoms. The lowest BCUT2D eigenvalue weighted by atomic mass is 10.1. The van der Waals surface area contributed by atoms with E-state index in [-0.39, 0.29) is 11.9 Å². The molecule has 5 nitrogen and oxygen atoms in total. The summed E-state index contributed by atoms with van der Waals surface area (Å²) in [6, 6.07) is 9.21. The van der Waals surface area contributed by atoms with Gasteiger partial charge in [-0.3, -0.25) is 4.98 Å². The molecule has 134 valence electrons. The first-order valence-corrected chi connectivity index (χ1v) is 7.76. The summed E-state index contributed by atoms with van der Waals surface area (Å²) in [6.45, 7) is 1.72. The molecule has 1 aromatic heterocycles. The van der Waals surface area contributed by atoms with Gasteiger partial charge in [0.2, 0.25) is 0 Å². The molecule has 1 aromatic carbocycles. The molecule has 1 aliphatic heterocycles. The Morgan fingerprint density at radius 3 is 2.60 bits per heavy atom. The zero-order valence-electron chi connectivity index (χ0n) is 13.2. The fraction of sp³-hybridized carbons (Fsp3) is 0.353. The highest BCUT2D eigenvalue weighted by Crippen LogP contribution is 2.36. The molecule has 0 aliphatic carbocycles. The van der Waals surface area contributed by atoms with Crippen molar-refractivity contribution in [2.45, 2.75) is 18.6 Å². The van der Waals surface area contributed by atoms with E-state index in [4.69, 9.17) is 9.47 Å². The van der Waals surface area contributed by atoms with E-state index in [1.807, 2.05) is 0 Å². The molecule has 1 aliphatic rings. The SMILES string of the molecule is FC(F)(F)Oc1ccccc1OC(c1cccnc1)[C@H]1CNCCO1. The molecular formula is C17H17F3N2O3. The number of hydrogen-bond donors (Lipinski definition) is 1. The third-order valence-electron chi connectivity index (χ3n) is 3.64. The van der Waals surface area contributed by atoms with E-state index >= 15 is 0 Å². The second-order valence-electron chi connectivity index (χ2n) is 5.43. The van der Waals surface area contributed by atoms with E-state index in [2.05, 4.69) is 15.0 Å². The van der Waals surface area contributed by atoms with Crippen LogP contribution in [0.25, 0.3) is 0 Å². The van der Waals surface area contributed by atoms with Gasteiger partial charge in [-0.25, -0.2) is 0 Å². The number of halogens is 3. The topological polar surface area (TPSA) is 52.6 Å². The van der Waals surface area contributed by atoms with Crippen LogP contribution in [-0.4, -0.2) is 37.1 Å². The van der Waals surface area contributed by atoms with Crippen LogP contribution in [0.15, 0.2) is 48.8 Å². The highest BCUT2D eigenvalue weighted by atomic mass is 19.4. The predicted molar refractivity (Wildman–Crippen MR) is 83.3 cm³/mol. The fourth-order valence-corrected chi connectivity index (χ4v) is 2.58. The standard InChI is InChI=1S/C17H17F3N2O3/c18-17(19,20)25-14-6-2-1-5-13(14)24-16(12-4-3-7-21-10-12)15-11-22-8-9-23-15/h1-7,10,15-16,22H,8-9,11H2/t15-,16?/m1/s1. The number of morpholine rings is 1. The number of alkyl halides is 3. The highest BCUT2D eigenvalue weighted by Gasteiger charge is 2.34. The van der Waals surface area contributed by atoms with Crippen LogP contribution >= 0.6 is 0 Å². The number of nitrogens with one attached hydrogen (secondary N) is 1. The van der Waals surface area contributed by atoms with E-state index in [1.54, 1.807) is 30.6 Å². The Balaban J connectivity index is 1.88. The minimum atomic E-state index is -4.80. The average molecular weight is 354 g/mol. The summed E-state index contributed by atoms with van der Waals surface area (Å²) in [7, 11) is 0. The molecule has 2 heterocycles. The molecule has 0 saturated carbocycles. The minimum absolute atomic E-state index is 0.0112. The quantitative estimate of drug-likeness (QED) is 0.894. The Labute approximate surface area is 142 Å². The molecule has 0 amide bonds. The summed E-state index contributed by atoms with van der Waals surface area (Å²) in [6.07, 6.45) is -2.57. The summed E-state index contributed by atoms with van der Waals surface area (Å²) < 4.78 is 53.5. The smallest absolute Gasteiger partial charge is 0.479 e. The Hall–Kier alpha value is -2.32. The van der Waals surface area contributed by atoms with Crippen molar-refractivity contribution in [1.82, 2.24) is 10.3 Å². The van der Waals surface area contributed by atoms with Gasteiger partial charge in [-0.05, 0) is 18.2 Å². The zero-order valence-corrected chi connectivity index (χ0v) is 13.2. The first-order valence-electron chi connectivity index (χ1n) is 7.76. The first kappa shape index (κ1) is 17.5. The molecule has 3 rings (SSSR count). The van der Waals surface area contributed by atoms with Crippen LogP contribution in [0, 0.1) is 0 Å². The van der Waals surface area contributed by atoms with Crippen LogP contribution < -0.4 is 14.8 Å². The Morgan fingerprint density at radius 2 is 1.96 bits per heavy atom. The lowest BCUT2D eigenvalue weighted by Gasteiger charge is -2.31. The van der Waals surface area contributed by atoms with Crippen molar-refractivity contribution in [2.24, 2.45) is 0 Å². The number of pyridine rings is 1. The molecule has 0 radical (unpaired) electrons. The van der Waals surface area contributed by atoms with Crippen molar-refractivity contribution in [3.05, 3.63) is 54.4 Å². The summed E-state index contributed by atoms with van der Waals surface area (Å²) in [5.41, 5.74) is 0.706. The van der Waals surface area contributed by atoms with Crippen LogP contribution in [-0.2, 0) is 4.74 Å².